The fraction of sp³-hybridized carbons (Fsp3) is 0.357. The van der Waals surface area contributed by atoms with Crippen molar-refractivity contribution in [3.8, 4) is 5.69 Å². The van der Waals surface area contributed by atoms with E-state index in [1.165, 1.54) is 11.6 Å². The molecule has 0 saturated heterocycles. The number of aromatic nitrogens is 2. The molecule has 0 atom stereocenters. The number of benzene rings is 1. The van der Waals surface area contributed by atoms with Crippen molar-refractivity contribution in [3.05, 3.63) is 41.3 Å². The van der Waals surface area contributed by atoms with Crippen molar-refractivity contribution in [1.29, 1.82) is 0 Å². The van der Waals surface area contributed by atoms with Crippen molar-refractivity contribution in [2.45, 2.75) is 12.8 Å². The maximum Gasteiger partial charge on any atom is 0.148 e. The van der Waals surface area contributed by atoms with Gasteiger partial charge in [-0.1, -0.05) is 12.1 Å². The monoisotopic (exact) mass is 277 g/mol. The lowest BCUT2D eigenvalue weighted by Gasteiger charge is -2.07. The van der Waals surface area contributed by atoms with Crippen LogP contribution in [0.25, 0.3) is 5.69 Å². The normalized spacial score (nSPS) is 13.4. The molecule has 1 N–H and O–H groups in total. The Morgan fingerprint density at radius 3 is 3.05 bits per heavy atom. The number of rotatable bonds is 4. The molecule has 1 aliphatic rings. The van der Waals surface area contributed by atoms with Crippen molar-refractivity contribution in [2.24, 2.45) is 0 Å². The van der Waals surface area contributed by atoms with Crippen LogP contribution in [0.15, 0.2) is 24.3 Å². The van der Waals surface area contributed by atoms with E-state index in [-0.39, 0.29) is 5.82 Å². The fourth-order valence-corrected chi connectivity index (χ4v) is 2.84. The number of nitrogens with one attached hydrogen (secondary N) is 1. The van der Waals surface area contributed by atoms with E-state index in [1.807, 2.05) is 6.07 Å². The molecule has 0 radical (unpaired) electrons. The second-order valence-electron chi connectivity index (χ2n) is 4.56. The van der Waals surface area contributed by atoms with Crippen LogP contribution in [0.5, 0.6) is 0 Å². The first-order valence-corrected chi connectivity index (χ1v) is 7.79. The van der Waals surface area contributed by atoms with Gasteiger partial charge in [-0.3, -0.25) is 0 Å². The van der Waals surface area contributed by atoms with Crippen LogP contribution in [-0.2, 0) is 12.8 Å². The van der Waals surface area contributed by atoms with E-state index in [2.05, 4.69) is 16.7 Å². The summed E-state index contributed by atoms with van der Waals surface area (Å²) in [6, 6.07) is 6.77. The summed E-state index contributed by atoms with van der Waals surface area (Å²) in [5, 5.41) is 7.92. The third-order valence-electron chi connectivity index (χ3n) is 3.36. The Balaban J connectivity index is 2.05. The third kappa shape index (κ3) is 2.23. The number of aryl methyl sites for hydroxylation is 1. The summed E-state index contributed by atoms with van der Waals surface area (Å²) < 4.78 is 15.6. The quantitative estimate of drug-likeness (QED) is 0.932. The number of hydrogen-bond acceptors (Lipinski definition) is 3. The SMILES string of the molecule is CSCCc1nn(-c2ccccc2F)c2c1CCN2. The van der Waals surface area contributed by atoms with Crippen LogP contribution in [0.2, 0.25) is 0 Å². The first kappa shape index (κ1) is 12.5. The molecule has 0 unspecified atom stereocenters. The highest BCUT2D eigenvalue weighted by Crippen LogP contribution is 2.30. The van der Waals surface area contributed by atoms with E-state index < -0.39 is 0 Å². The standard InChI is InChI=1S/C14H16FN3S/c1-19-9-7-12-10-6-8-16-14(10)18(17-12)13-5-3-2-4-11(13)15/h2-5,16H,6-9H2,1H3. The molecular formula is C14H16FN3S. The molecule has 100 valence electrons. The van der Waals surface area contributed by atoms with E-state index in [1.54, 1.807) is 28.6 Å². The summed E-state index contributed by atoms with van der Waals surface area (Å²) in [5.74, 6) is 1.76. The molecule has 0 spiro atoms. The zero-order valence-corrected chi connectivity index (χ0v) is 11.6. The Labute approximate surface area is 116 Å². The molecule has 0 amide bonds. The van der Waals surface area contributed by atoms with Crippen LogP contribution < -0.4 is 5.32 Å². The molecule has 0 bridgehead atoms. The van der Waals surface area contributed by atoms with Crippen LogP contribution in [0, 0.1) is 5.82 Å². The van der Waals surface area contributed by atoms with Crippen molar-refractivity contribution in [2.75, 3.05) is 23.9 Å². The van der Waals surface area contributed by atoms with Gasteiger partial charge < -0.3 is 5.32 Å². The maximum absolute atomic E-state index is 13.9. The largest absolute Gasteiger partial charge is 0.369 e. The van der Waals surface area contributed by atoms with Gasteiger partial charge in [0.2, 0.25) is 0 Å². The highest BCUT2D eigenvalue weighted by atomic mass is 32.2. The van der Waals surface area contributed by atoms with Gasteiger partial charge in [-0.05, 0) is 30.6 Å². The number of para-hydroxylation sites is 1. The highest BCUT2D eigenvalue weighted by Gasteiger charge is 2.23. The summed E-state index contributed by atoms with van der Waals surface area (Å²) in [7, 11) is 0. The smallest absolute Gasteiger partial charge is 0.148 e. The Morgan fingerprint density at radius 1 is 1.42 bits per heavy atom. The zero-order valence-electron chi connectivity index (χ0n) is 10.8. The number of thioether (sulfide) groups is 1. The van der Waals surface area contributed by atoms with Crippen molar-refractivity contribution >= 4 is 17.6 Å². The number of anilines is 1. The van der Waals surface area contributed by atoms with Gasteiger partial charge in [0.05, 0.1) is 5.69 Å². The number of hydrogen-bond donors (Lipinski definition) is 1. The second-order valence-corrected chi connectivity index (χ2v) is 5.54. The molecule has 3 rings (SSSR count). The Bertz CT molecular complexity index is 594. The molecule has 1 aliphatic heterocycles. The van der Waals surface area contributed by atoms with E-state index in [0.29, 0.717) is 5.69 Å². The predicted molar refractivity (Wildman–Crippen MR) is 77.8 cm³/mol. The van der Waals surface area contributed by atoms with E-state index in [0.717, 1.165) is 36.7 Å². The predicted octanol–water partition coefficient (Wildman–Crippen LogP) is 2.88. The van der Waals surface area contributed by atoms with E-state index in [4.69, 9.17) is 0 Å². The minimum Gasteiger partial charge on any atom is -0.369 e. The van der Waals surface area contributed by atoms with Gasteiger partial charge in [-0.25, -0.2) is 9.07 Å². The lowest BCUT2D eigenvalue weighted by Crippen LogP contribution is -2.06. The summed E-state index contributed by atoms with van der Waals surface area (Å²) in [4.78, 5) is 0. The van der Waals surface area contributed by atoms with Gasteiger partial charge in [0.25, 0.3) is 0 Å². The molecule has 3 nitrogen and oxygen atoms in total. The summed E-state index contributed by atoms with van der Waals surface area (Å²) in [5.41, 5.74) is 2.86. The average molecular weight is 277 g/mol. The Morgan fingerprint density at radius 2 is 2.26 bits per heavy atom. The van der Waals surface area contributed by atoms with Crippen molar-refractivity contribution in [3.63, 3.8) is 0 Å². The first-order valence-electron chi connectivity index (χ1n) is 6.39. The molecular weight excluding hydrogens is 261 g/mol. The first-order chi connectivity index (χ1) is 9.31. The third-order valence-corrected chi connectivity index (χ3v) is 3.97. The lowest BCUT2D eigenvalue weighted by atomic mass is 10.2. The zero-order chi connectivity index (χ0) is 13.2. The molecule has 0 saturated carbocycles. The van der Waals surface area contributed by atoms with Gasteiger partial charge in [0.1, 0.15) is 17.3 Å². The summed E-state index contributed by atoms with van der Waals surface area (Å²) in [6.07, 6.45) is 4.01. The minimum atomic E-state index is -0.238. The summed E-state index contributed by atoms with van der Waals surface area (Å²) >= 11 is 1.81. The van der Waals surface area contributed by atoms with E-state index in [9.17, 15) is 4.39 Å². The fourth-order valence-electron chi connectivity index (χ4n) is 2.44. The number of halogens is 1. The molecule has 1 aromatic carbocycles. The van der Waals surface area contributed by atoms with Gasteiger partial charge in [0, 0.05) is 18.5 Å². The van der Waals surface area contributed by atoms with Crippen molar-refractivity contribution < 1.29 is 4.39 Å². The average Bonchev–Trinajstić information content (AvgIpc) is 3.00. The lowest BCUT2D eigenvalue weighted by molar-refractivity contribution is 0.610. The maximum atomic E-state index is 13.9. The molecule has 2 heterocycles. The van der Waals surface area contributed by atoms with Crippen LogP contribution in [-0.4, -0.2) is 28.3 Å². The molecule has 0 aliphatic carbocycles. The molecule has 1 aromatic heterocycles. The van der Waals surface area contributed by atoms with Crippen LogP contribution in [0.1, 0.15) is 11.3 Å². The van der Waals surface area contributed by atoms with Crippen LogP contribution in [0.3, 0.4) is 0 Å². The second kappa shape index (κ2) is 5.25. The van der Waals surface area contributed by atoms with Gasteiger partial charge >= 0.3 is 0 Å². The highest BCUT2D eigenvalue weighted by molar-refractivity contribution is 7.98. The Kier molecular flexibility index (Phi) is 3.46. The molecule has 2 aromatic rings. The molecule has 5 heteroatoms. The van der Waals surface area contributed by atoms with Crippen LogP contribution >= 0.6 is 11.8 Å². The summed E-state index contributed by atoms with van der Waals surface area (Å²) in [6.45, 7) is 0.911. The van der Waals surface area contributed by atoms with Crippen molar-refractivity contribution in [1.82, 2.24) is 9.78 Å². The van der Waals surface area contributed by atoms with Gasteiger partial charge in [0.15, 0.2) is 0 Å². The number of nitrogens with zero attached hydrogens (tertiary/aromatic N) is 2. The van der Waals surface area contributed by atoms with Gasteiger partial charge in [-0.2, -0.15) is 16.9 Å². The Hall–Kier alpha value is -1.49. The van der Waals surface area contributed by atoms with E-state index >= 15 is 0 Å². The topological polar surface area (TPSA) is 29.9 Å². The minimum absolute atomic E-state index is 0.238. The van der Waals surface area contributed by atoms with Gasteiger partial charge in [-0.15, -0.1) is 0 Å². The molecule has 0 fully saturated rings. The molecule has 19 heavy (non-hydrogen) atoms. The van der Waals surface area contributed by atoms with Crippen LogP contribution in [0.4, 0.5) is 10.2 Å². The number of fused-ring (bicyclic) bond motifs is 1.